The Kier molecular flexibility index (Phi) is 3.38. The summed E-state index contributed by atoms with van der Waals surface area (Å²) in [6.45, 7) is 2.32. The van der Waals surface area contributed by atoms with E-state index in [-0.39, 0.29) is 17.6 Å². The fraction of sp³-hybridized carbons (Fsp3) is 0.417. The van der Waals surface area contributed by atoms with Crippen LogP contribution in [0.1, 0.15) is 18.4 Å². The summed E-state index contributed by atoms with van der Waals surface area (Å²) in [6, 6.07) is 1.81. The normalized spacial score (nSPS) is 19.4. The second-order valence-electron chi connectivity index (χ2n) is 4.22. The van der Waals surface area contributed by atoms with Crippen LogP contribution in [0.25, 0.3) is 0 Å². The molecule has 2 N–H and O–H groups in total. The van der Waals surface area contributed by atoms with Crippen LogP contribution in [0.2, 0.25) is 0 Å². The van der Waals surface area contributed by atoms with Gasteiger partial charge in [0.05, 0.1) is 11.7 Å². The lowest BCUT2D eigenvalue weighted by atomic mass is 10.1. The van der Waals surface area contributed by atoms with Gasteiger partial charge in [0.25, 0.3) is 0 Å². The predicted molar refractivity (Wildman–Crippen MR) is 60.7 cm³/mol. The second-order valence-corrected chi connectivity index (χ2v) is 4.22. The van der Waals surface area contributed by atoms with E-state index in [1.165, 1.54) is 13.0 Å². The predicted octanol–water partition coefficient (Wildman–Crippen LogP) is 1.96. The van der Waals surface area contributed by atoms with Gasteiger partial charge in [-0.05, 0) is 37.9 Å². The average molecular weight is 240 g/mol. The van der Waals surface area contributed by atoms with E-state index < -0.39 is 11.6 Å². The molecule has 1 unspecified atom stereocenters. The smallest absolute Gasteiger partial charge is 0.241 e. The van der Waals surface area contributed by atoms with Crippen molar-refractivity contribution in [3.05, 3.63) is 29.3 Å². The van der Waals surface area contributed by atoms with Gasteiger partial charge in [-0.25, -0.2) is 8.78 Å². The van der Waals surface area contributed by atoms with Gasteiger partial charge < -0.3 is 10.6 Å². The maximum atomic E-state index is 13.4. The number of benzene rings is 1. The highest BCUT2D eigenvalue weighted by Gasteiger charge is 2.22. The van der Waals surface area contributed by atoms with Crippen molar-refractivity contribution in [2.75, 3.05) is 11.9 Å². The maximum Gasteiger partial charge on any atom is 0.241 e. The summed E-state index contributed by atoms with van der Waals surface area (Å²) in [5, 5.41) is 5.49. The molecule has 1 aliphatic heterocycles. The van der Waals surface area contributed by atoms with E-state index in [0.717, 1.165) is 25.5 Å². The first-order valence-electron chi connectivity index (χ1n) is 5.58. The van der Waals surface area contributed by atoms with Gasteiger partial charge >= 0.3 is 0 Å². The third-order valence-corrected chi connectivity index (χ3v) is 2.88. The van der Waals surface area contributed by atoms with Crippen LogP contribution in [0.3, 0.4) is 0 Å². The van der Waals surface area contributed by atoms with Crippen molar-refractivity contribution in [2.24, 2.45) is 0 Å². The quantitative estimate of drug-likeness (QED) is 0.829. The molecule has 3 nitrogen and oxygen atoms in total. The van der Waals surface area contributed by atoms with Gasteiger partial charge in [0, 0.05) is 6.07 Å². The number of nitrogens with one attached hydrogen (secondary N) is 2. The van der Waals surface area contributed by atoms with Crippen molar-refractivity contribution in [2.45, 2.75) is 25.8 Å². The topological polar surface area (TPSA) is 41.1 Å². The third kappa shape index (κ3) is 2.61. The first-order chi connectivity index (χ1) is 8.08. The summed E-state index contributed by atoms with van der Waals surface area (Å²) in [6.07, 6.45) is 1.68. The first kappa shape index (κ1) is 12.0. The van der Waals surface area contributed by atoms with E-state index >= 15 is 0 Å². The number of hydrogen-bond donors (Lipinski definition) is 2. The first-order valence-corrected chi connectivity index (χ1v) is 5.58. The summed E-state index contributed by atoms with van der Waals surface area (Å²) < 4.78 is 26.4. The molecule has 0 saturated carbocycles. The van der Waals surface area contributed by atoms with Crippen LogP contribution in [0.15, 0.2) is 12.1 Å². The van der Waals surface area contributed by atoms with E-state index in [2.05, 4.69) is 10.6 Å². The van der Waals surface area contributed by atoms with Gasteiger partial charge in [-0.1, -0.05) is 0 Å². The largest absolute Gasteiger partial charge is 0.322 e. The Hall–Kier alpha value is -1.49. The monoisotopic (exact) mass is 240 g/mol. The molecule has 0 bridgehead atoms. The minimum absolute atomic E-state index is 0.0302. The number of amides is 1. The molecule has 1 saturated heterocycles. The zero-order valence-electron chi connectivity index (χ0n) is 9.52. The van der Waals surface area contributed by atoms with Gasteiger partial charge in [-0.3, -0.25) is 4.79 Å². The Labute approximate surface area is 98.2 Å². The van der Waals surface area contributed by atoms with Crippen LogP contribution in [-0.4, -0.2) is 18.5 Å². The van der Waals surface area contributed by atoms with Crippen LogP contribution in [0, 0.1) is 18.6 Å². The van der Waals surface area contributed by atoms with Crippen LogP contribution >= 0.6 is 0 Å². The SMILES string of the molecule is Cc1cc(NC(=O)C2CCCN2)c(F)cc1F. The molecule has 5 heteroatoms. The van der Waals surface area contributed by atoms with Crippen LogP contribution in [0.5, 0.6) is 0 Å². The fourth-order valence-electron chi connectivity index (χ4n) is 1.88. The zero-order valence-corrected chi connectivity index (χ0v) is 9.52. The molecule has 2 rings (SSSR count). The number of anilines is 1. The average Bonchev–Trinajstić information content (AvgIpc) is 2.79. The molecule has 1 heterocycles. The highest BCUT2D eigenvalue weighted by atomic mass is 19.1. The van der Waals surface area contributed by atoms with Gasteiger partial charge in [-0.2, -0.15) is 0 Å². The molecule has 0 aliphatic carbocycles. The molecule has 1 fully saturated rings. The van der Waals surface area contributed by atoms with Crippen LogP contribution < -0.4 is 10.6 Å². The molecule has 0 aromatic heterocycles. The highest BCUT2D eigenvalue weighted by molar-refractivity contribution is 5.95. The second kappa shape index (κ2) is 4.79. The Bertz CT molecular complexity index is 442. The Balaban J connectivity index is 2.12. The number of aryl methyl sites for hydroxylation is 1. The van der Waals surface area contributed by atoms with Crippen molar-refractivity contribution in [1.82, 2.24) is 5.32 Å². The molecule has 17 heavy (non-hydrogen) atoms. The fourth-order valence-corrected chi connectivity index (χ4v) is 1.88. The minimum atomic E-state index is -0.751. The summed E-state index contributed by atoms with van der Waals surface area (Å²) >= 11 is 0. The molecule has 1 aromatic rings. The van der Waals surface area contributed by atoms with E-state index in [1.807, 2.05) is 0 Å². The Morgan fingerprint density at radius 2 is 2.18 bits per heavy atom. The summed E-state index contributed by atoms with van der Waals surface area (Å²) in [5.74, 6) is -1.63. The van der Waals surface area contributed by atoms with Gasteiger partial charge in [-0.15, -0.1) is 0 Å². The van der Waals surface area contributed by atoms with Gasteiger partial charge in [0.15, 0.2) is 0 Å². The number of hydrogen-bond acceptors (Lipinski definition) is 2. The molecule has 1 aliphatic rings. The molecular weight excluding hydrogens is 226 g/mol. The van der Waals surface area contributed by atoms with Crippen molar-refractivity contribution < 1.29 is 13.6 Å². The molecule has 1 atom stereocenters. The van der Waals surface area contributed by atoms with Crippen LogP contribution in [-0.2, 0) is 4.79 Å². The molecule has 92 valence electrons. The summed E-state index contributed by atoms with van der Waals surface area (Å²) in [7, 11) is 0. The van der Waals surface area contributed by atoms with Crippen molar-refractivity contribution in [1.29, 1.82) is 0 Å². The number of carbonyl (C=O) groups excluding carboxylic acids is 1. The standard InChI is InChI=1S/C12H14F2N2O/c1-7-5-11(9(14)6-8(7)13)16-12(17)10-3-2-4-15-10/h5-6,10,15H,2-4H2,1H3,(H,16,17). The Morgan fingerprint density at radius 3 is 2.82 bits per heavy atom. The molecule has 0 radical (unpaired) electrons. The van der Waals surface area contributed by atoms with Gasteiger partial charge in [0.2, 0.25) is 5.91 Å². The Morgan fingerprint density at radius 1 is 1.41 bits per heavy atom. The lowest BCUT2D eigenvalue weighted by molar-refractivity contribution is -0.117. The van der Waals surface area contributed by atoms with E-state index in [0.29, 0.717) is 5.56 Å². The maximum absolute atomic E-state index is 13.4. The van der Waals surface area contributed by atoms with Crippen LogP contribution in [0.4, 0.5) is 14.5 Å². The van der Waals surface area contributed by atoms with Crippen molar-refractivity contribution in [3.8, 4) is 0 Å². The third-order valence-electron chi connectivity index (χ3n) is 2.88. The van der Waals surface area contributed by atoms with Gasteiger partial charge in [0.1, 0.15) is 11.6 Å². The zero-order chi connectivity index (χ0) is 12.4. The number of carbonyl (C=O) groups is 1. The van der Waals surface area contributed by atoms with Crippen molar-refractivity contribution in [3.63, 3.8) is 0 Å². The molecule has 1 aromatic carbocycles. The van der Waals surface area contributed by atoms with E-state index in [1.54, 1.807) is 0 Å². The minimum Gasteiger partial charge on any atom is -0.322 e. The van der Waals surface area contributed by atoms with E-state index in [9.17, 15) is 13.6 Å². The summed E-state index contributed by atoms with van der Waals surface area (Å²) in [5.41, 5.74) is 0.337. The van der Waals surface area contributed by atoms with Crippen molar-refractivity contribution >= 4 is 11.6 Å². The number of halogens is 2. The van der Waals surface area contributed by atoms with E-state index in [4.69, 9.17) is 0 Å². The highest BCUT2D eigenvalue weighted by Crippen LogP contribution is 2.19. The lowest BCUT2D eigenvalue weighted by Crippen LogP contribution is -2.35. The molecule has 0 spiro atoms. The summed E-state index contributed by atoms with van der Waals surface area (Å²) in [4.78, 5) is 11.7. The lowest BCUT2D eigenvalue weighted by Gasteiger charge is -2.12. The number of rotatable bonds is 2. The molecule has 1 amide bonds. The molecular formula is C12H14F2N2O.